The Bertz CT molecular complexity index is 3440. The maximum atomic E-state index is 2.47. The van der Waals surface area contributed by atoms with Crippen LogP contribution >= 0.6 is 0 Å². The summed E-state index contributed by atoms with van der Waals surface area (Å²) in [5.74, 6) is 0. The second-order valence-corrected chi connectivity index (χ2v) is 16.8. The number of rotatable bonds is 8. The molecule has 64 heavy (non-hydrogen) atoms. The van der Waals surface area contributed by atoms with E-state index >= 15 is 0 Å². The lowest BCUT2D eigenvalue weighted by molar-refractivity contribution is 0.768. The molecule has 11 aromatic rings. The first-order valence-electron chi connectivity index (χ1n) is 22.2. The van der Waals surface area contributed by atoms with Gasteiger partial charge in [-0.25, -0.2) is 0 Å². The van der Waals surface area contributed by atoms with Crippen molar-refractivity contribution in [3.8, 4) is 44.5 Å². The monoisotopic (exact) mass is 813 g/mol. The van der Waals surface area contributed by atoms with Crippen molar-refractivity contribution >= 4 is 38.6 Å². The van der Waals surface area contributed by atoms with E-state index in [0.717, 1.165) is 22.6 Å². The molecular weight excluding hydrogens is 771 g/mol. The summed E-state index contributed by atoms with van der Waals surface area (Å²) < 4.78 is 0. The fourth-order valence-electron chi connectivity index (χ4n) is 10.4. The van der Waals surface area contributed by atoms with E-state index < -0.39 is 5.41 Å². The van der Waals surface area contributed by atoms with Crippen molar-refractivity contribution < 1.29 is 0 Å². The lowest BCUT2D eigenvalue weighted by atomic mass is 9.68. The van der Waals surface area contributed by atoms with Crippen molar-refractivity contribution in [3.63, 3.8) is 0 Å². The van der Waals surface area contributed by atoms with Crippen LogP contribution in [0.4, 0.5) is 17.1 Å². The Morgan fingerprint density at radius 2 is 0.797 bits per heavy atom. The average Bonchev–Trinajstić information content (AvgIpc) is 3.69. The molecule has 12 rings (SSSR count). The Balaban J connectivity index is 1.03. The van der Waals surface area contributed by atoms with Crippen LogP contribution in [0, 0.1) is 0 Å². The number of hydrogen-bond acceptors (Lipinski definition) is 1. The molecule has 0 amide bonds. The molecule has 0 saturated carbocycles. The van der Waals surface area contributed by atoms with Gasteiger partial charge in [0.25, 0.3) is 0 Å². The Morgan fingerprint density at radius 3 is 1.55 bits per heavy atom. The second-order valence-electron chi connectivity index (χ2n) is 16.8. The molecule has 0 N–H and O–H groups in total. The highest BCUT2D eigenvalue weighted by Gasteiger charge is 2.47. The van der Waals surface area contributed by atoms with Gasteiger partial charge in [-0.05, 0) is 125 Å². The van der Waals surface area contributed by atoms with Crippen LogP contribution < -0.4 is 4.90 Å². The number of hydrogen-bond donors (Lipinski definition) is 0. The highest BCUT2D eigenvalue weighted by atomic mass is 15.1. The van der Waals surface area contributed by atoms with Gasteiger partial charge in [-0.3, -0.25) is 0 Å². The largest absolute Gasteiger partial charge is 0.310 e. The Kier molecular flexibility index (Phi) is 9.13. The molecule has 0 heterocycles. The zero-order valence-electron chi connectivity index (χ0n) is 35.3. The normalized spacial score (nSPS) is 12.5. The van der Waals surface area contributed by atoms with Gasteiger partial charge in [0, 0.05) is 16.9 Å². The molecule has 0 bridgehead atoms. The van der Waals surface area contributed by atoms with E-state index in [1.165, 1.54) is 82.7 Å². The summed E-state index contributed by atoms with van der Waals surface area (Å²) in [6, 6.07) is 95.8. The van der Waals surface area contributed by atoms with Gasteiger partial charge < -0.3 is 4.90 Å². The maximum absolute atomic E-state index is 2.47. The van der Waals surface area contributed by atoms with E-state index in [-0.39, 0.29) is 0 Å². The van der Waals surface area contributed by atoms with Gasteiger partial charge in [0.15, 0.2) is 0 Å². The minimum Gasteiger partial charge on any atom is -0.310 e. The summed E-state index contributed by atoms with van der Waals surface area (Å²) in [7, 11) is 0. The molecule has 0 unspecified atom stereocenters. The molecule has 1 heteroatoms. The fraction of sp³-hybridized carbons (Fsp3) is 0.0159. The topological polar surface area (TPSA) is 3.24 Å². The molecule has 0 atom stereocenters. The Hall–Kier alpha value is -8.26. The van der Waals surface area contributed by atoms with E-state index in [9.17, 15) is 0 Å². The van der Waals surface area contributed by atoms with E-state index in [1.807, 2.05) is 0 Å². The zero-order valence-corrected chi connectivity index (χ0v) is 35.3. The molecule has 0 saturated heterocycles. The Morgan fingerprint density at radius 1 is 0.281 bits per heavy atom. The molecule has 1 aliphatic rings. The summed E-state index contributed by atoms with van der Waals surface area (Å²) in [5.41, 5.74) is 17.5. The second kappa shape index (κ2) is 15.6. The van der Waals surface area contributed by atoms with Crippen LogP contribution in [-0.2, 0) is 5.41 Å². The van der Waals surface area contributed by atoms with Gasteiger partial charge in [-0.2, -0.15) is 0 Å². The van der Waals surface area contributed by atoms with Gasteiger partial charge in [0.2, 0.25) is 0 Å². The van der Waals surface area contributed by atoms with Crippen molar-refractivity contribution in [1.29, 1.82) is 0 Å². The van der Waals surface area contributed by atoms with Crippen LogP contribution in [0.5, 0.6) is 0 Å². The standard InChI is InChI=1S/C63H43N/c1-4-17-44(18-5-1)45-35-38-54(39-36-45)64(61-32-16-31-60-62(61)58-29-12-13-30-59(58)63(60,52-23-6-2-7-24-52)53-25-8-3-9-26-53)55-27-15-22-49(43-55)47-20-14-21-48(41-47)50-37-40-57-51(42-50)34-33-46-19-10-11-28-56(46)57/h1-43H. The zero-order chi connectivity index (χ0) is 42.5. The molecule has 300 valence electrons. The van der Waals surface area contributed by atoms with Gasteiger partial charge in [0.05, 0.1) is 11.1 Å². The van der Waals surface area contributed by atoms with Gasteiger partial charge >= 0.3 is 0 Å². The van der Waals surface area contributed by atoms with Crippen LogP contribution in [0.2, 0.25) is 0 Å². The van der Waals surface area contributed by atoms with E-state index in [4.69, 9.17) is 0 Å². The summed E-state index contributed by atoms with van der Waals surface area (Å²) >= 11 is 0. The lowest BCUT2D eigenvalue weighted by Gasteiger charge is -2.34. The summed E-state index contributed by atoms with van der Waals surface area (Å²) in [6.07, 6.45) is 0. The molecule has 0 aromatic heterocycles. The van der Waals surface area contributed by atoms with Crippen LogP contribution in [0.3, 0.4) is 0 Å². The van der Waals surface area contributed by atoms with Crippen LogP contribution in [0.15, 0.2) is 261 Å². The highest BCUT2D eigenvalue weighted by molar-refractivity contribution is 6.08. The van der Waals surface area contributed by atoms with Crippen molar-refractivity contribution in [2.75, 3.05) is 4.90 Å². The number of anilines is 3. The molecule has 11 aromatic carbocycles. The predicted molar refractivity (Wildman–Crippen MR) is 270 cm³/mol. The van der Waals surface area contributed by atoms with Crippen molar-refractivity contribution in [2.45, 2.75) is 5.41 Å². The van der Waals surface area contributed by atoms with E-state index in [1.54, 1.807) is 0 Å². The predicted octanol–water partition coefficient (Wildman–Crippen LogP) is 16.8. The number of nitrogens with zero attached hydrogens (tertiary/aromatic N) is 1. The first-order chi connectivity index (χ1) is 31.7. The van der Waals surface area contributed by atoms with E-state index in [2.05, 4.69) is 266 Å². The third-order valence-corrected chi connectivity index (χ3v) is 13.3. The van der Waals surface area contributed by atoms with Crippen LogP contribution in [-0.4, -0.2) is 0 Å². The number of benzene rings is 11. The van der Waals surface area contributed by atoms with Gasteiger partial charge in [-0.1, -0.05) is 218 Å². The van der Waals surface area contributed by atoms with Gasteiger partial charge in [0.1, 0.15) is 0 Å². The summed E-state index contributed by atoms with van der Waals surface area (Å²) in [5, 5.41) is 5.08. The number of fused-ring (bicyclic) bond motifs is 6. The van der Waals surface area contributed by atoms with Crippen LogP contribution in [0.1, 0.15) is 22.3 Å². The maximum Gasteiger partial charge on any atom is 0.0714 e. The molecule has 1 aliphatic carbocycles. The first kappa shape index (κ1) is 37.5. The minimum atomic E-state index is -0.508. The molecule has 0 fully saturated rings. The van der Waals surface area contributed by atoms with Crippen molar-refractivity contribution in [2.24, 2.45) is 0 Å². The average molecular weight is 814 g/mol. The summed E-state index contributed by atoms with van der Waals surface area (Å²) in [6.45, 7) is 0. The van der Waals surface area contributed by atoms with Crippen molar-refractivity contribution in [1.82, 2.24) is 0 Å². The van der Waals surface area contributed by atoms with E-state index in [0.29, 0.717) is 0 Å². The van der Waals surface area contributed by atoms with Crippen LogP contribution in [0.25, 0.3) is 66.1 Å². The smallest absolute Gasteiger partial charge is 0.0714 e. The lowest BCUT2D eigenvalue weighted by Crippen LogP contribution is -2.28. The first-order valence-corrected chi connectivity index (χ1v) is 22.2. The van der Waals surface area contributed by atoms with Crippen molar-refractivity contribution in [3.05, 3.63) is 283 Å². The molecule has 0 spiro atoms. The quantitative estimate of drug-likeness (QED) is 0.138. The molecule has 0 radical (unpaired) electrons. The minimum absolute atomic E-state index is 0.508. The highest BCUT2D eigenvalue weighted by Crippen LogP contribution is 2.59. The third kappa shape index (κ3) is 6.16. The molecule has 0 aliphatic heterocycles. The third-order valence-electron chi connectivity index (χ3n) is 13.3. The van der Waals surface area contributed by atoms with Gasteiger partial charge in [-0.15, -0.1) is 0 Å². The SMILES string of the molecule is c1ccc(-c2ccc(N(c3cccc(-c4cccc(-c5ccc6c(ccc7ccccc76)c5)c4)c3)c3cccc4c3-c3ccccc3C4(c3ccccc3)c3ccccc3)cc2)cc1. The Labute approximate surface area is 374 Å². The summed E-state index contributed by atoms with van der Waals surface area (Å²) in [4.78, 5) is 2.47. The fourth-order valence-corrected chi connectivity index (χ4v) is 10.4. The molecular formula is C63H43N. The molecule has 1 nitrogen and oxygen atoms in total.